The Morgan fingerprint density at radius 1 is 1.00 bits per heavy atom. The predicted molar refractivity (Wildman–Crippen MR) is 133 cm³/mol. The van der Waals surface area contributed by atoms with Crippen molar-refractivity contribution >= 4 is 38.9 Å². The molecule has 2 saturated heterocycles. The third kappa shape index (κ3) is 6.26. The number of rotatable bonds is 6. The van der Waals surface area contributed by atoms with E-state index in [1.54, 1.807) is 24.3 Å². The van der Waals surface area contributed by atoms with E-state index in [4.69, 9.17) is 11.6 Å². The summed E-state index contributed by atoms with van der Waals surface area (Å²) in [6, 6.07) is 14.7. The summed E-state index contributed by atoms with van der Waals surface area (Å²) >= 11 is 5.90. The molecule has 0 saturated carbocycles. The zero-order chi connectivity index (χ0) is 23.4. The second-order valence-electron chi connectivity index (χ2n) is 8.91. The number of nitrogens with zero attached hydrogens (tertiary/aromatic N) is 3. The van der Waals surface area contributed by atoms with E-state index in [-0.39, 0.29) is 24.1 Å². The van der Waals surface area contributed by atoms with Gasteiger partial charge < -0.3 is 15.1 Å². The minimum atomic E-state index is -3.51. The van der Waals surface area contributed by atoms with Gasteiger partial charge in [-0.25, -0.2) is 12.7 Å². The van der Waals surface area contributed by atoms with Crippen LogP contribution in [-0.4, -0.2) is 69.8 Å². The van der Waals surface area contributed by atoms with E-state index < -0.39 is 10.0 Å². The summed E-state index contributed by atoms with van der Waals surface area (Å²) in [5.74, 6) is -0.587. The minimum absolute atomic E-state index is 0.0910. The molecule has 2 fully saturated rings. The van der Waals surface area contributed by atoms with Gasteiger partial charge in [0.1, 0.15) is 0 Å². The summed E-state index contributed by atoms with van der Waals surface area (Å²) in [7, 11) is -1.38. The van der Waals surface area contributed by atoms with Crippen LogP contribution in [0.3, 0.4) is 0 Å². The lowest BCUT2D eigenvalue weighted by molar-refractivity contribution is -0.120. The number of piperazine rings is 1. The van der Waals surface area contributed by atoms with E-state index in [0.717, 1.165) is 37.6 Å². The quantitative estimate of drug-likeness (QED) is 0.672. The van der Waals surface area contributed by atoms with E-state index >= 15 is 0 Å². The highest BCUT2D eigenvalue weighted by atomic mass is 35.5. The molecule has 1 N–H and O–H groups in total. The second-order valence-corrected chi connectivity index (χ2v) is 11.3. The molecule has 2 aromatic rings. The maximum absolute atomic E-state index is 12.9. The van der Waals surface area contributed by atoms with Gasteiger partial charge in [0.15, 0.2) is 0 Å². The molecule has 4 rings (SSSR count). The molecule has 2 aliphatic rings. The molecule has 7 nitrogen and oxygen atoms in total. The summed E-state index contributed by atoms with van der Waals surface area (Å²) in [5, 5.41) is 3.55. The third-order valence-corrected chi connectivity index (χ3v) is 8.48. The number of anilines is 2. The smallest absolute Gasteiger partial charge is 0.228 e. The van der Waals surface area contributed by atoms with E-state index in [9.17, 15) is 13.2 Å². The summed E-state index contributed by atoms with van der Waals surface area (Å²) in [6.07, 6.45) is 1.35. The van der Waals surface area contributed by atoms with Crippen molar-refractivity contribution in [3.05, 3.63) is 59.1 Å². The van der Waals surface area contributed by atoms with Gasteiger partial charge in [-0.05, 0) is 61.9 Å². The van der Waals surface area contributed by atoms with Gasteiger partial charge in [0.2, 0.25) is 15.9 Å². The average Bonchev–Trinajstić information content (AvgIpc) is 2.82. The Kier molecular flexibility index (Phi) is 7.58. The highest BCUT2D eigenvalue weighted by Gasteiger charge is 2.32. The Balaban J connectivity index is 1.34. The number of nitrogens with one attached hydrogen (secondary N) is 1. The molecular formula is C24H31ClN4O3S. The van der Waals surface area contributed by atoms with Crippen LogP contribution >= 0.6 is 11.6 Å². The van der Waals surface area contributed by atoms with Crippen molar-refractivity contribution in [2.75, 3.05) is 56.5 Å². The summed E-state index contributed by atoms with van der Waals surface area (Å²) in [5.41, 5.74) is 2.57. The number of carbonyl (C=O) groups excluding carboxylic acids is 1. The fourth-order valence-corrected chi connectivity index (χ4v) is 6.09. The van der Waals surface area contributed by atoms with Crippen LogP contribution < -0.4 is 10.2 Å². The largest absolute Gasteiger partial charge is 0.369 e. The first-order valence-corrected chi connectivity index (χ1v) is 13.4. The van der Waals surface area contributed by atoms with Crippen molar-refractivity contribution in [1.82, 2.24) is 9.21 Å². The Morgan fingerprint density at radius 2 is 1.67 bits per heavy atom. The molecule has 1 amide bonds. The number of likely N-dealkylation sites (N-methyl/N-ethyl adjacent to an activating group) is 1. The maximum Gasteiger partial charge on any atom is 0.228 e. The molecule has 0 spiro atoms. The SMILES string of the molecule is CN1CCN(c2ccc(NC(=O)[C@H]3CCCN(S(=O)(=O)Cc4ccc(Cl)cc4)C3)cc2)CC1. The second kappa shape index (κ2) is 10.4. The van der Waals surface area contributed by atoms with Gasteiger partial charge in [-0.1, -0.05) is 23.7 Å². The van der Waals surface area contributed by atoms with Crippen LogP contribution in [-0.2, 0) is 20.6 Å². The number of halogens is 1. The first-order valence-electron chi connectivity index (χ1n) is 11.4. The molecule has 0 aliphatic carbocycles. The topological polar surface area (TPSA) is 73.0 Å². The van der Waals surface area contributed by atoms with E-state index in [1.165, 1.54) is 4.31 Å². The standard InChI is InChI=1S/C24H31ClN4O3S/c1-27-13-15-28(16-14-27)23-10-8-22(9-11-23)26-24(30)20-3-2-12-29(17-20)33(31,32)18-19-4-6-21(25)7-5-19/h4-11,20H,2-3,12-18H2,1H3,(H,26,30)/t20-/m0/s1. The molecule has 2 aliphatic heterocycles. The molecule has 33 heavy (non-hydrogen) atoms. The maximum atomic E-state index is 12.9. The van der Waals surface area contributed by atoms with E-state index in [2.05, 4.69) is 22.2 Å². The first kappa shape index (κ1) is 24.0. The van der Waals surface area contributed by atoms with E-state index in [1.807, 2.05) is 24.3 Å². The molecule has 0 aromatic heterocycles. The lowest BCUT2D eigenvalue weighted by atomic mass is 9.98. The fourth-order valence-electron chi connectivity index (χ4n) is 4.36. The molecule has 2 heterocycles. The average molecular weight is 491 g/mol. The van der Waals surface area contributed by atoms with Gasteiger partial charge in [-0.15, -0.1) is 0 Å². The number of amides is 1. The summed E-state index contributed by atoms with van der Waals surface area (Å²) < 4.78 is 27.3. The number of benzene rings is 2. The molecule has 1 atom stereocenters. The Hall–Kier alpha value is -2.13. The Morgan fingerprint density at radius 3 is 2.33 bits per heavy atom. The van der Waals surface area contributed by atoms with Crippen molar-refractivity contribution in [1.29, 1.82) is 0 Å². The Bertz CT molecular complexity index is 1050. The highest BCUT2D eigenvalue weighted by molar-refractivity contribution is 7.88. The van der Waals surface area contributed by atoms with Crippen molar-refractivity contribution < 1.29 is 13.2 Å². The number of hydrogen-bond acceptors (Lipinski definition) is 5. The zero-order valence-electron chi connectivity index (χ0n) is 18.9. The molecule has 9 heteroatoms. The van der Waals surface area contributed by atoms with Gasteiger partial charge in [-0.2, -0.15) is 0 Å². The molecule has 2 aromatic carbocycles. The zero-order valence-corrected chi connectivity index (χ0v) is 20.5. The first-order chi connectivity index (χ1) is 15.8. The van der Waals surface area contributed by atoms with Crippen molar-refractivity contribution in [2.24, 2.45) is 5.92 Å². The summed E-state index contributed by atoms with van der Waals surface area (Å²) in [4.78, 5) is 17.6. The van der Waals surface area contributed by atoms with Crippen molar-refractivity contribution in [2.45, 2.75) is 18.6 Å². The number of hydrogen-bond donors (Lipinski definition) is 1. The van der Waals surface area contributed by atoms with Gasteiger partial charge in [0, 0.05) is 55.7 Å². The lowest BCUT2D eigenvalue weighted by Gasteiger charge is -2.34. The van der Waals surface area contributed by atoms with Gasteiger partial charge in [0.05, 0.1) is 11.7 Å². The predicted octanol–water partition coefficient (Wildman–Crippen LogP) is 3.27. The number of sulfonamides is 1. The van der Waals surface area contributed by atoms with Gasteiger partial charge in [0.25, 0.3) is 0 Å². The third-order valence-electron chi connectivity index (χ3n) is 6.41. The summed E-state index contributed by atoms with van der Waals surface area (Å²) in [6.45, 7) is 4.71. The minimum Gasteiger partial charge on any atom is -0.369 e. The lowest BCUT2D eigenvalue weighted by Crippen LogP contribution is -2.44. The van der Waals surface area contributed by atoms with Crippen molar-refractivity contribution in [3.8, 4) is 0 Å². The van der Waals surface area contributed by atoms with Crippen LogP contribution in [0.2, 0.25) is 5.02 Å². The molecule has 0 unspecified atom stereocenters. The van der Waals surface area contributed by atoms with Crippen LogP contribution in [0.15, 0.2) is 48.5 Å². The number of piperidine rings is 1. The van der Waals surface area contributed by atoms with Gasteiger partial charge in [-0.3, -0.25) is 4.79 Å². The highest BCUT2D eigenvalue weighted by Crippen LogP contribution is 2.24. The van der Waals surface area contributed by atoms with Crippen LogP contribution in [0.1, 0.15) is 18.4 Å². The molecule has 0 bridgehead atoms. The molecule has 0 radical (unpaired) electrons. The molecular weight excluding hydrogens is 460 g/mol. The van der Waals surface area contributed by atoms with E-state index in [0.29, 0.717) is 30.0 Å². The monoisotopic (exact) mass is 490 g/mol. The Labute approximate surface area is 201 Å². The fraction of sp³-hybridized carbons (Fsp3) is 0.458. The van der Waals surface area contributed by atoms with Crippen LogP contribution in [0, 0.1) is 5.92 Å². The van der Waals surface area contributed by atoms with Crippen LogP contribution in [0.4, 0.5) is 11.4 Å². The normalized spacial score (nSPS) is 20.5. The number of carbonyl (C=O) groups is 1. The van der Waals surface area contributed by atoms with Crippen molar-refractivity contribution in [3.63, 3.8) is 0 Å². The van der Waals surface area contributed by atoms with Crippen LogP contribution in [0.25, 0.3) is 0 Å². The van der Waals surface area contributed by atoms with Crippen LogP contribution in [0.5, 0.6) is 0 Å². The molecule has 178 valence electrons. The van der Waals surface area contributed by atoms with Gasteiger partial charge >= 0.3 is 0 Å².